The minimum absolute atomic E-state index is 0.162. The van der Waals surface area contributed by atoms with E-state index in [4.69, 9.17) is 9.84 Å². The van der Waals surface area contributed by atoms with Crippen LogP contribution in [0.5, 0.6) is 0 Å². The van der Waals surface area contributed by atoms with Gasteiger partial charge in [0.1, 0.15) is 23.8 Å². The first-order chi connectivity index (χ1) is 8.95. The Labute approximate surface area is 108 Å². The van der Waals surface area contributed by atoms with Crippen molar-refractivity contribution in [2.24, 2.45) is 0 Å². The van der Waals surface area contributed by atoms with E-state index in [2.05, 4.69) is 5.32 Å². The molecule has 0 saturated carbocycles. The Morgan fingerprint density at radius 2 is 1.89 bits per heavy atom. The van der Waals surface area contributed by atoms with Gasteiger partial charge in [0.05, 0.1) is 0 Å². The highest BCUT2D eigenvalue weighted by atomic mass is 19.1. The molecule has 0 unspecified atom stereocenters. The third-order valence-corrected chi connectivity index (χ3v) is 2.12. The van der Waals surface area contributed by atoms with Crippen molar-refractivity contribution < 1.29 is 28.2 Å². The van der Waals surface area contributed by atoms with Crippen LogP contribution in [0.25, 0.3) is 0 Å². The van der Waals surface area contributed by atoms with Gasteiger partial charge >= 0.3 is 5.97 Å². The number of carboxylic acid groups (broad SMARTS) is 1. The van der Waals surface area contributed by atoms with E-state index < -0.39 is 29.1 Å². The molecule has 0 spiro atoms. The lowest BCUT2D eigenvalue weighted by Gasteiger charge is -2.07. The predicted octanol–water partition coefficient (Wildman–Crippen LogP) is 2.03. The van der Waals surface area contributed by atoms with Crippen LogP contribution in [0.15, 0.2) is 12.1 Å². The molecule has 0 aliphatic heterocycles. The quantitative estimate of drug-likeness (QED) is 0.777. The van der Waals surface area contributed by atoms with Crippen LogP contribution in [0, 0.1) is 11.6 Å². The van der Waals surface area contributed by atoms with Gasteiger partial charge in [-0.2, -0.15) is 0 Å². The Bertz CT molecular complexity index is 468. The highest BCUT2D eigenvalue weighted by molar-refractivity contribution is 5.93. The first kappa shape index (κ1) is 15.0. The molecule has 1 rings (SSSR count). The highest BCUT2D eigenvalue weighted by Crippen LogP contribution is 2.18. The Balaban J connectivity index is 2.75. The van der Waals surface area contributed by atoms with Gasteiger partial charge in [-0.1, -0.05) is 6.92 Å². The molecule has 0 atom stereocenters. The van der Waals surface area contributed by atoms with Crippen LogP contribution in [0.3, 0.4) is 0 Å². The number of hydrogen-bond donors (Lipinski definition) is 2. The van der Waals surface area contributed by atoms with Gasteiger partial charge in [0.15, 0.2) is 0 Å². The summed E-state index contributed by atoms with van der Waals surface area (Å²) in [5, 5.41) is 10.8. The molecule has 19 heavy (non-hydrogen) atoms. The van der Waals surface area contributed by atoms with E-state index in [1.807, 2.05) is 6.92 Å². The van der Waals surface area contributed by atoms with Gasteiger partial charge in [0, 0.05) is 12.3 Å². The van der Waals surface area contributed by atoms with E-state index in [1.54, 1.807) is 0 Å². The molecule has 104 valence electrons. The first-order valence-electron chi connectivity index (χ1n) is 5.55. The molecule has 0 saturated heterocycles. The summed E-state index contributed by atoms with van der Waals surface area (Å²) < 4.78 is 31.6. The average Bonchev–Trinajstić information content (AvgIpc) is 2.27. The molecule has 2 N–H and O–H groups in total. The van der Waals surface area contributed by atoms with Gasteiger partial charge in [-0.15, -0.1) is 0 Å². The van der Waals surface area contributed by atoms with Crippen molar-refractivity contribution in [1.82, 2.24) is 0 Å². The standard InChI is InChI=1S/C12H13F2NO4/c1-2-3-19-6-10(16)15-7-4-8(13)11(12(17)18)9(14)5-7/h4-5H,2-3,6H2,1H3,(H,15,16)(H,17,18). The van der Waals surface area contributed by atoms with E-state index >= 15 is 0 Å². The summed E-state index contributed by atoms with van der Waals surface area (Å²) >= 11 is 0. The van der Waals surface area contributed by atoms with Crippen LogP contribution in [0.2, 0.25) is 0 Å². The minimum atomic E-state index is -1.71. The van der Waals surface area contributed by atoms with E-state index in [-0.39, 0.29) is 12.3 Å². The second kappa shape index (κ2) is 6.79. The zero-order valence-electron chi connectivity index (χ0n) is 10.2. The van der Waals surface area contributed by atoms with Gasteiger partial charge in [-0.25, -0.2) is 13.6 Å². The maximum Gasteiger partial charge on any atom is 0.341 e. The van der Waals surface area contributed by atoms with E-state index in [1.165, 1.54) is 0 Å². The number of anilines is 1. The Kier molecular flexibility index (Phi) is 5.37. The largest absolute Gasteiger partial charge is 0.477 e. The van der Waals surface area contributed by atoms with Crippen molar-refractivity contribution in [3.05, 3.63) is 29.3 Å². The highest BCUT2D eigenvalue weighted by Gasteiger charge is 2.18. The Morgan fingerprint density at radius 3 is 2.37 bits per heavy atom. The normalized spacial score (nSPS) is 10.3. The van der Waals surface area contributed by atoms with Crippen LogP contribution in [0.4, 0.5) is 14.5 Å². The van der Waals surface area contributed by atoms with Crippen molar-refractivity contribution in [3.63, 3.8) is 0 Å². The summed E-state index contributed by atoms with van der Waals surface area (Å²) in [4.78, 5) is 21.9. The molecular formula is C12H13F2NO4. The number of benzene rings is 1. The van der Waals surface area contributed by atoms with Crippen LogP contribution in [-0.4, -0.2) is 30.2 Å². The molecule has 1 aromatic rings. The molecule has 0 aliphatic rings. The molecule has 1 amide bonds. The van der Waals surface area contributed by atoms with E-state index in [9.17, 15) is 18.4 Å². The summed E-state index contributed by atoms with van der Waals surface area (Å²) in [5.41, 5.74) is -1.22. The van der Waals surface area contributed by atoms with Crippen molar-refractivity contribution >= 4 is 17.6 Å². The molecule has 5 nitrogen and oxygen atoms in total. The molecule has 0 aromatic heterocycles. The molecule has 0 bridgehead atoms. The molecule has 1 aromatic carbocycles. The molecule has 0 heterocycles. The van der Waals surface area contributed by atoms with Crippen LogP contribution >= 0.6 is 0 Å². The lowest BCUT2D eigenvalue weighted by atomic mass is 10.2. The van der Waals surface area contributed by atoms with Crippen LogP contribution in [0.1, 0.15) is 23.7 Å². The number of carboxylic acids is 1. The number of carbonyl (C=O) groups excluding carboxylic acids is 1. The maximum atomic E-state index is 13.3. The zero-order chi connectivity index (χ0) is 14.4. The number of amides is 1. The number of hydrogen-bond acceptors (Lipinski definition) is 3. The van der Waals surface area contributed by atoms with E-state index in [0.717, 1.165) is 18.6 Å². The Morgan fingerprint density at radius 1 is 1.32 bits per heavy atom. The van der Waals surface area contributed by atoms with Gasteiger partial charge in [-0.05, 0) is 18.6 Å². The predicted molar refractivity (Wildman–Crippen MR) is 63.1 cm³/mol. The van der Waals surface area contributed by atoms with Crippen molar-refractivity contribution in [3.8, 4) is 0 Å². The number of halogens is 2. The fraction of sp³-hybridized carbons (Fsp3) is 0.333. The number of carbonyl (C=O) groups is 2. The maximum absolute atomic E-state index is 13.3. The van der Waals surface area contributed by atoms with Crippen LogP contribution < -0.4 is 5.32 Å². The summed E-state index contributed by atoms with van der Waals surface area (Å²) in [6, 6.07) is 1.48. The van der Waals surface area contributed by atoms with Crippen LogP contribution in [-0.2, 0) is 9.53 Å². The van der Waals surface area contributed by atoms with Gasteiger partial charge in [0.2, 0.25) is 5.91 Å². The summed E-state index contributed by atoms with van der Waals surface area (Å²) in [5.74, 6) is -4.79. The molecule has 0 radical (unpaired) electrons. The monoisotopic (exact) mass is 273 g/mol. The molecular weight excluding hydrogens is 260 g/mol. The smallest absolute Gasteiger partial charge is 0.341 e. The van der Waals surface area contributed by atoms with Gasteiger partial charge in [-0.3, -0.25) is 4.79 Å². The minimum Gasteiger partial charge on any atom is -0.477 e. The second-order valence-corrected chi connectivity index (χ2v) is 3.72. The van der Waals surface area contributed by atoms with E-state index in [0.29, 0.717) is 6.61 Å². The van der Waals surface area contributed by atoms with Crippen molar-refractivity contribution in [2.75, 3.05) is 18.5 Å². The number of rotatable bonds is 6. The Hall–Kier alpha value is -2.02. The fourth-order valence-electron chi connectivity index (χ4n) is 1.36. The summed E-state index contributed by atoms with van der Waals surface area (Å²) in [6.45, 7) is 2.03. The topological polar surface area (TPSA) is 75.6 Å². The lowest BCUT2D eigenvalue weighted by molar-refractivity contribution is -0.120. The lowest BCUT2D eigenvalue weighted by Crippen LogP contribution is -2.19. The fourth-order valence-corrected chi connectivity index (χ4v) is 1.36. The third-order valence-electron chi connectivity index (χ3n) is 2.12. The second-order valence-electron chi connectivity index (χ2n) is 3.72. The van der Waals surface area contributed by atoms with Gasteiger partial charge in [0.25, 0.3) is 0 Å². The molecule has 0 aliphatic carbocycles. The summed E-state index contributed by atoms with van der Waals surface area (Å²) in [7, 11) is 0. The number of aromatic carboxylic acids is 1. The number of nitrogens with one attached hydrogen (secondary N) is 1. The van der Waals surface area contributed by atoms with Crippen molar-refractivity contribution in [2.45, 2.75) is 13.3 Å². The SMILES string of the molecule is CCCOCC(=O)Nc1cc(F)c(C(=O)O)c(F)c1. The zero-order valence-corrected chi connectivity index (χ0v) is 10.2. The first-order valence-corrected chi connectivity index (χ1v) is 5.55. The molecule has 0 fully saturated rings. The van der Waals surface area contributed by atoms with Crippen molar-refractivity contribution in [1.29, 1.82) is 0 Å². The summed E-state index contributed by atoms with van der Waals surface area (Å²) in [6.07, 6.45) is 0.740. The average molecular weight is 273 g/mol. The number of ether oxygens (including phenoxy) is 1. The third kappa shape index (κ3) is 4.29. The van der Waals surface area contributed by atoms with Gasteiger partial charge < -0.3 is 15.2 Å². The molecule has 7 heteroatoms.